The Bertz CT molecular complexity index is 833. The van der Waals surface area contributed by atoms with Crippen LogP contribution in [0.5, 0.6) is 5.75 Å². The Balaban J connectivity index is 2.25. The van der Waals surface area contributed by atoms with Gasteiger partial charge in [-0.25, -0.2) is 4.79 Å². The van der Waals surface area contributed by atoms with Crippen LogP contribution in [0.25, 0.3) is 22.3 Å². The highest BCUT2D eigenvalue weighted by Gasteiger charge is 2.11. The smallest absolute Gasteiger partial charge is 0.423 e. The van der Waals surface area contributed by atoms with Crippen molar-refractivity contribution in [2.45, 2.75) is 0 Å². The van der Waals surface area contributed by atoms with Crippen LogP contribution in [0.15, 0.2) is 63.8 Å². The van der Waals surface area contributed by atoms with Gasteiger partial charge in [-0.1, -0.05) is 24.3 Å². The van der Waals surface area contributed by atoms with Crippen molar-refractivity contribution in [2.75, 3.05) is 0 Å². The van der Waals surface area contributed by atoms with Crippen molar-refractivity contribution in [3.8, 4) is 17.1 Å². The molecule has 1 radical (unpaired) electrons. The van der Waals surface area contributed by atoms with Gasteiger partial charge in [0.15, 0.2) is 5.43 Å². The van der Waals surface area contributed by atoms with E-state index in [1.165, 1.54) is 12.5 Å². The summed E-state index contributed by atoms with van der Waals surface area (Å²) in [5.74, 6) is 0.639. The molecule has 0 aliphatic rings. The lowest BCUT2D eigenvalue weighted by molar-refractivity contribution is 0.442. The third-order valence-corrected chi connectivity index (χ3v) is 2.94. The molecule has 3 rings (SSSR count). The fourth-order valence-electron chi connectivity index (χ4n) is 2.04. The number of benzene rings is 2. The highest BCUT2D eigenvalue weighted by molar-refractivity contribution is 5.79. The molecule has 0 saturated heterocycles. The average Bonchev–Trinajstić information content (AvgIpc) is 2.48. The Hall–Kier alpha value is -2.88. The SMILES string of the molecule is O=[C]Oc1ccccc1-c1cc(=O)c2ccccc2o1. The van der Waals surface area contributed by atoms with Gasteiger partial charge in [-0.15, -0.1) is 0 Å². The van der Waals surface area contributed by atoms with Crippen LogP contribution in [0.3, 0.4) is 0 Å². The second-order valence-electron chi connectivity index (χ2n) is 4.15. The standard InChI is InChI=1S/C16H9O4/c17-10-19-14-7-3-2-6-12(14)16-9-13(18)11-5-1-4-8-15(11)20-16/h1-9H. The number of carbonyl (C=O) groups excluding carboxylic acids is 1. The first-order chi connectivity index (χ1) is 9.79. The van der Waals surface area contributed by atoms with Crippen molar-refractivity contribution in [1.29, 1.82) is 0 Å². The number of fused-ring (bicyclic) bond motifs is 1. The molecule has 4 heteroatoms. The quantitative estimate of drug-likeness (QED) is 0.730. The minimum absolute atomic E-state index is 0.147. The molecule has 97 valence electrons. The van der Waals surface area contributed by atoms with Gasteiger partial charge in [0.25, 0.3) is 0 Å². The predicted octanol–water partition coefficient (Wildman–Crippen LogP) is 2.91. The third kappa shape index (κ3) is 2.07. The Morgan fingerprint density at radius 2 is 1.75 bits per heavy atom. The second-order valence-corrected chi connectivity index (χ2v) is 4.15. The summed E-state index contributed by atoms with van der Waals surface area (Å²) in [5.41, 5.74) is 0.866. The Morgan fingerprint density at radius 3 is 2.60 bits per heavy atom. The first-order valence-electron chi connectivity index (χ1n) is 5.96. The molecule has 0 atom stereocenters. The van der Waals surface area contributed by atoms with E-state index in [1.807, 2.05) is 0 Å². The van der Waals surface area contributed by atoms with Crippen molar-refractivity contribution in [2.24, 2.45) is 0 Å². The number of rotatable bonds is 3. The highest BCUT2D eigenvalue weighted by Crippen LogP contribution is 2.30. The zero-order valence-corrected chi connectivity index (χ0v) is 10.3. The van der Waals surface area contributed by atoms with Gasteiger partial charge in [0, 0.05) is 6.07 Å². The topological polar surface area (TPSA) is 56.5 Å². The third-order valence-electron chi connectivity index (χ3n) is 2.94. The molecule has 1 heterocycles. The fraction of sp³-hybridized carbons (Fsp3) is 0. The molecule has 0 aliphatic heterocycles. The summed E-state index contributed by atoms with van der Waals surface area (Å²) in [5, 5.41) is 0.511. The normalized spacial score (nSPS) is 10.4. The Morgan fingerprint density at radius 1 is 1.00 bits per heavy atom. The summed E-state index contributed by atoms with van der Waals surface area (Å²) in [6.07, 6.45) is 0. The largest absolute Gasteiger partial charge is 0.456 e. The maximum absolute atomic E-state index is 12.1. The van der Waals surface area contributed by atoms with E-state index in [1.54, 1.807) is 48.5 Å². The molecular weight excluding hydrogens is 256 g/mol. The number of ether oxygens (including phenoxy) is 1. The molecule has 4 nitrogen and oxygen atoms in total. The molecular formula is C16H9O4. The van der Waals surface area contributed by atoms with Gasteiger partial charge < -0.3 is 9.15 Å². The summed E-state index contributed by atoms with van der Waals surface area (Å²) in [4.78, 5) is 22.5. The molecule has 0 unspecified atom stereocenters. The van der Waals surface area contributed by atoms with Crippen molar-refractivity contribution < 1.29 is 13.9 Å². The molecule has 2 aromatic carbocycles. The lowest BCUT2D eigenvalue weighted by Gasteiger charge is -2.06. The highest BCUT2D eigenvalue weighted by atomic mass is 16.5. The van der Waals surface area contributed by atoms with Crippen LogP contribution in [0.2, 0.25) is 0 Å². The molecule has 0 saturated carbocycles. The molecule has 0 amide bonds. The van der Waals surface area contributed by atoms with Gasteiger partial charge in [0.1, 0.15) is 17.1 Å². The van der Waals surface area contributed by atoms with Gasteiger partial charge in [-0.2, -0.15) is 0 Å². The molecule has 0 spiro atoms. The molecule has 0 fully saturated rings. The van der Waals surface area contributed by atoms with E-state index in [9.17, 15) is 9.59 Å². The van der Waals surface area contributed by atoms with Crippen LogP contribution in [0.1, 0.15) is 0 Å². The average molecular weight is 265 g/mol. The van der Waals surface area contributed by atoms with Gasteiger partial charge in [0.2, 0.25) is 0 Å². The van der Waals surface area contributed by atoms with Crippen molar-refractivity contribution >= 4 is 17.4 Å². The summed E-state index contributed by atoms with van der Waals surface area (Å²) in [6, 6.07) is 15.2. The van der Waals surface area contributed by atoms with Crippen LogP contribution >= 0.6 is 0 Å². The predicted molar refractivity (Wildman–Crippen MR) is 74.2 cm³/mol. The number of hydrogen-bond acceptors (Lipinski definition) is 4. The van der Waals surface area contributed by atoms with Gasteiger partial charge in [-0.05, 0) is 24.3 Å². The summed E-state index contributed by atoms with van der Waals surface area (Å²) >= 11 is 0. The maximum atomic E-state index is 12.1. The molecule has 1 aromatic heterocycles. The Labute approximate surface area is 114 Å². The van der Waals surface area contributed by atoms with E-state index in [0.29, 0.717) is 28.0 Å². The zero-order valence-electron chi connectivity index (χ0n) is 10.3. The van der Waals surface area contributed by atoms with Crippen molar-refractivity contribution in [1.82, 2.24) is 0 Å². The number of hydrogen-bond donors (Lipinski definition) is 0. The summed E-state index contributed by atoms with van der Waals surface area (Å²) < 4.78 is 10.5. The molecule has 20 heavy (non-hydrogen) atoms. The summed E-state index contributed by atoms with van der Waals surface area (Å²) in [7, 11) is 0. The zero-order chi connectivity index (χ0) is 13.9. The van der Waals surface area contributed by atoms with Crippen LogP contribution in [-0.4, -0.2) is 6.47 Å². The van der Waals surface area contributed by atoms with E-state index in [4.69, 9.17) is 9.15 Å². The molecule has 0 aliphatic carbocycles. The van der Waals surface area contributed by atoms with Crippen molar-refractivity contribution in [3.63, 3.8) is 0 Å². The van der Waals surface area contributed by atoms with E-state index in [-0.39, 0.29) is 5.43 Å². The van der Waals surface area contributed by atoms with Crippen LogP contribution in [0.4, 0.5) is 0 Å². The first kappa shape index (κ1) is 12.2. The van der Waals surface area contributed by atoms with Crippen LogP contribution in [-0.2, 0) is 4.79 Å². The molecule has 3 aromatic rings. The number of para-hydroxylation sites is 2. The van der Waals surface area contributed by atoms with E-state index < -0.39 is 0 Å². The minimum atomic E-state index is -0.147. The lowest BCUT2D eigenvalue weighted by atomic mass is 10.1. The van der Waals surface area contributed by atoms with Crippen LogP contribution < -0.4 is 10.2 Å². The van der Waals surface area contributed by atoms with E-state index >= 15 is 0 Å². The fourth-order valence-corrected chi connectivity index (χ4v) is 2.04. The Kier molecular flexibility index (Phi) is 3.05. The van der Waals surface area contributed by atoms with Crippen molar-refractivity contribution in [3.05, 3.63) is 64.8 Å². The summed E-state index contributed by atoms with van der Waals surface area (Å²) in [6.45, 7) is 1.38. The van der Waals surface area contributed by atoms with Gasteiger partial charge in [0.05, 0.1) is 10.9 Å². The van der Waals surface area contributed by atoms with E-state index in [0.717, 1.165) is 0 Å². The lowest BCUT2D eigenvalue weighted by Crippen LogP contribution is -2.00. The first-order valence-corrected chi connectivity index (χ1v) is 5.96. The van der Waals surface area contributed by atoms with Gasteiger partial charge in [-0.3, -0.25) is 4.79 Å². The monoisotopic (exact) mass is 265 g/mol. The maximum Gasteiger partial charge on any atom is 0.423 e. The molecule has 0 bridgehead atoms. The molecule has 0 N–H and O–H groups in total. The second kappa shape index (κ2) is 5.01. The van der Waals surface area contributed by atoms with Crippen LogP contribution in [0, 0.1) is 0 Å². The van der Waals surface area contributed by atoms with E-state index in [2.05, 4.69) is 0 Å². The minimum Gasteiger partial charge on any atom is -0.456 e. The van der Waals surface area contributed by atoms with Gasteiger partial charge >= 0.3 is 6.47 Å².